The molecule has 4 heteroatoms. The van der Waals surface area contributed by atoms with E-state index >= 15 is 0 Å². The quantitative estimate of drug-likeness (QED) is 0.436. The molecular weight excluding hydrogens is 242 g/mol. The number of carbonyl (C=O) groups excluding carboxylic acids is 1. The first kappa shape index (κ1) is 16.2. The Hall–Kier alpha value is -0.870. The number of ether oxygens (including phenoxy) is 2. The van der Waals surface area contributed by atoms with Crippen molar-refractivity contribution < 1.29 is 14.3 Å². The first-order valence-electron chi connectivity index (χ1n) is 6.86. The van der Waals surface area contributed by atoms with Gasteiger partial charge in [0.2, 0.25) is 0 Å². The molecule has 1 atom stereocenters. The Morgan fingerprint density at radius 3 is 2.58 bits per heavy atom. The highest BCUT2D eigenvalue weighted by Gasteiger charge is 2.45. The number of rotatable bonds is 5. The Kier molecular flexibility index (Phi) is 5.16. The van der Waals surface area contributed by atoms with Crippen LogP contribution in [0.4, 0.5) is 0 Å². The fourth-order valence-corrected chi connectivity index (χ4v) is 2.68. The molecule has 1 rings (SSSR count). The van der Waals surface area contributed by atoms with E-state index in [9.17, 15) is 4.79 Å². The van der Waals surface area contributed by atoms with Crippen LogP contribution in [0.3, 0.4) is 0 Å². The number of carbonyl (C=O) groups is 1. The van der Waals surface area contributed by atoms with Crippen molar-refractivity contribution in [2.45, 2.75) is 57.7 Å². The molecule has 110 valence electrons. The Labute approximate surface area is 116 Å². The molecule has 0 spiro atoms. The molecule has 0 aromatic carbocycles. The van der Waals surface area contributed by atoms with Crippen LogP contribution >= 0.6 is 0 Å². The van der Waals surface area contributed by atoms with E-state index in [-0.39, 0.29) is 23.8 Å². The maximum absolute atomic E-state index is 10.9. The first-order chi connectivity index (χ1) is 8.71. The number of hydrogen-bond acceptors (Lipinski definition) is 4. The minimum absolute atomic E-state index is 0.0236. The van der Waals surface area contributed by atoms with Gasteiger partial charge in [-0.15, -0.1) is 0 Å². The van der Waals surface area contributed by atoms with Gasteiger partial charge in [-0.25, -0.2) is 4.79 Å². The normalized spacial score (nSPS) is 25.8. The Morgan fingerprint density at radius 2 is 2.00 bits per heavy atom. The third kappa shape index (κ3) is 3.80. The van der Waals surface area contributed by atoms with Crippen LogP contribution in [0.5, 0.6) is 0 Å². The van der Waals surface area contributed by atoms with Crippen molar-refractivity contribution in [3.8, 4) is 0 Å². The lowest BCUT2D eigenvalue weighted by Gasteiger charge is -2.54. The number of esters is 1. The van der Waals surface area contributed by atoms with Crippen molar-refractivity contribution in [3.63, 3.8) is 0 Å². The highest BCUT2D eigenvalue weighted by molar-refractivity contribution is 5.81. The van der Waals surface area contributed by atoms with Gasteiger partial charge in [-0.2, -0.15) is 0 Å². The monoisotopic (exact) mass is 269 g/mol. The minimum Gasteiger partial charge on any atom is -0.460 e. The third-order valence-corrected chi connectivity index (χ3v) is 4.39. The van der Waals surface area contributed by atoms with E-state index in [0.29, 0.717) is 6.61 Å². The summed E-state index contributed by atoms with van der Waals surface area (Å²) >= 11 is 0. The van der Waals surface area contributed by atoms with Gasteiger partial charge in [0.1, 0.15) is 6.61 Å². The van der Waals surface area contributed by atoms with Crippen molar-refractivity contribution in [3.05, 3.63) is 12.7 Å². The van der Waals surface area contributed by atoms with Gasteiger partial charge in [-0.3, -0.25) is 4.90 Å². The largest absolute Gasteiger partial charge is 0.460 e. The summed E-state index contributed by atoms with van der Waals surface area (Å²) < 4.78 is 10.8. The summed E-state index contributed by atoms with van der Waals surface area (Å²) in [6.45, 7) is 13.0. The van der Waals surface area contributed by atoms with Crippen LogP contribution in [0, 0.1) is 0 Å². The van der Waals surface area contributed by atoms with Gasteiger partial charge in [0.25, 0.3) is 0 Å². The van der Waals surface area contributed by atoms with E-state index in [1.165, 1.54) is 6.08 Å². The van der Waals surface area contributed by atoms with E-state index in [4.69, 9.17) is 9.47 Å². The fourth-order valence-electron chi connectivity index (χ4n) is 2.68. The van der Waals surface area contributed by atoms with Crippen molar-refractivity contribution in [2.24, 2.45) is 0 Å². The number of likely N-dealkylation sites (tertiary alicyclic amines) is 1. The van der Waals surface area contributed by atoms with Gasteiger partial charge in [0.15, 0.2) is 0 Å². The molecule has 0 aromatic heterocycles. The molecule has 1 heterocycles. The Morgan fingerprint density at radius 1 is 1.37 bits per heavy atom. The van der Waals surface area contributed by atoms with Crippen molar-refractivity contribution in [2.75, 3.05) is 20.3 Å². The molecule has 0 N–H and O–H groups in total. The SMILES string of the molecule is C=CC(=O)OCCOC1CCC(C)(C)N(C)C1(C)C. The highest BCUT2D eigenvalue weighted by atomic mass is 16.6. The van der Waals surface area contributed by atoms with Crippen molar-refractivity contribution in [1.82, 2.24) is 4.90 Å². The lowest BCUT2D eigenvalue weighted by Crippen LogP contribution is -2.63. The van der Waals surface area contributed by atoms with Gasteiger partial charge in [0.05, 0.1) is 12.7 Å². The van der Waals surface area contributed by atoms with Gasteiger partial charge in [-0.1, -0.05) is 6.58 Å². The third-order valence-electron chi connectivity index (χ3n) is 4.39. The van der Waals surface area contributed by atoms with Gasteiger partial charge in [-0.05, 0) is 47.6 Å². The van der Waals surface area contributed by atoms with Crippen LogP contribution in [0.2, 0.25) is 0 Å². The first-order valence-corrected chi connectivity index (χ1v) is 6.86. The average Bonchev–Trinajstić information content (AvgIpc) is 2.34. The molecule has 1 aliphatic rings. The lowest BCUT2D eigenvalue weighted by atomic mass is 9.78. The second-order valence-corrected chi connectivity index (χ2v) is 6.29. The summed E-state index contributed by atoms with van der Waals surface area (Å²) in [6, 6.07) is 0. The molecule has 0 amide bonds. The zero-order valence-electron chi connectivity index (χ0n) is 12.9. The van der Waals surface area contributed by atoms with Crippen molar-refractivity contribution >= 4 is 5.97 Å². The van der Waals surface area contributed by atoms with Crippen LogP contribution in [0.15, 0.2) is 12.7 Å². The number of nitrogens with zero attached hydrogens (tertiary/aromatic N) is 1. The smallest absolute Gasteiger partial charge is 0.330 e. The van der Waals surface area contributed by atoms with Crippen LogP contribution in [0.1, 0.15) is 40.5 Å². The minimum atomic E-state index is -0.398. The summed E-state index contributed by atoms with van der Waals surface area (Å²) in [6.07, 6.45) is 3.46. The molecule has 1 aliphatic heterocycles. The fraction of sp³-hybridized carbons (Fsp3) is 0.800. The molecule has 1 saturated heterocycles. The number of hydrogen-bond donors (Lipinski definition) is 0. The highest BCUT2D eigenvalue weighted by Crippen LogP contribution is 2.38. The summed E-state index contributed by atoms with van der Waals surface area (Å²) in [5.41, 5.74) is 0.170. The van der Waals surface area contributed by atoms with E-state index in [1.807, 2.05) is 0 Å². The Bertz CT molecular complexity index is 336. The number of likely N-dealkylation sites (N-methyl/N-ethyl adjacent to an activating group) is 1. The van der Waals surface area contributed by atoms with Crippen LogP contribution in [0.25, 0.3) is 0 Å². The summed E-state index contributed by atoms with van der Waals surface area (Å²) in [5, 5.41) is 0. The van der Waals surface area contributed by atoms with E-state index in [2.05, 4.69) is 46.2 Å². The predicted molar refractivity (Wildman–Crippen MR) is 76.1 cm³/mol. The van der Waals surface area contributed by atoms with Crippen LogP contribution in [-0.4, -0.2) is 48.3 Å². The standard InChI is InChI=1S/C15H27NO3/c1-7-13(17)19-11-10-18-12-8-9-14(2,3)16(6)15(12,4)5/h7,12H,1,8-11H2,2-6H3. The van der Waals surface area contributed by atoms with Crippen LogP contribution < -0.4 is 0 Å². The molecule has 19 heavy (non-hydrogen) atoms. The molecule has 0 radical (unpaired) electrons. The molecule has 1 unspecified atom stereocenters. The number of piperidine rings is 1. The summed E-state index contributed by atoms with van der Waals surface area (Å²) in [7, 11) is 2.15. The molecule has 1 fully saturated rings. The molecule has 0 aromatic rings. The summed E-state index contributed by atoms with van der Waals surface area (Å²) in [4.78, 5) is 13.3. The molecule has 0 aliphatic carbocycles. The zero-order valence-corrected chi connectivity index (χ0v) is 12.9. The maximum Gasteiger partial charge on any atom is 0.330 e. The Balaban J connectivity index is 2.46. The second-order valence-electron chi connectivity index (χ2n) is 6.29. The second kappa shape index (κ2) is 6.06. The van der Waals surface area contributed by atoms with Gasteiger partial charge >= 0.3 is 5.97 Å². The molecular formula is C15H27NO3. The van der Waals surface area contributed by atoms with E-state index in [1.54, 1.807) is 0 Å². The zero-order chi connectivity index (χ0) is 14.7. The molecule has 0 saturated carbocycles. The maximum atomic E-state index is 10.9. The molecule has 4 nitrogen and oxygen atoms in total. The predicted octanol–water partition coefficient (Wildman–Crippen LogP) is 2.38. The van der Waals surface area contributed by atoms with Crippen LogP contribution in [-0.2, 0) is 14.3 Å². The van der Waals surface area contributed by atoms with E-state index < -0.39 is 5.97 Å². The topological polar surface area (TPSA) is 38.8 Å². The van der Waals surface area contributed by atoms with Gasteiger partial charge < -0.3 is 9.47 Å². The molecule has 0 bridgehead atoms. The van der Waals surface area contributed by atoms with Gasteiger partial charge in [0, 0.05) is 17.2 Å². The lowest BCUT2D eigenvalue weighted by molar-refractivity contribution is -0.146. The van der Waals surface area contributed by atoms with Crippen molar-refractivity contribution in [1.29, 1.82) is 0 Å². The summed E-state index contributed by atoms with van der Waals surface area (Å²) in [5.74, 6) is -0.398. The van der Waals surface area contributed by atoms with E-state index in [0.717, 1.165) is 12.8 Å². The average molecular weight is 269 g/mol.